The summed E-state index contributed by atoms with van der Waals surface area (Å²) in [7, 11) is -3.81. The monoisotopic (exact) mass is 268 g/mol. The Bertz CT molecular complexity index is 462. The molecular weight excluding hydrogens is 260 g/mol. The molecule has 0 aromatic carbocycles. The third kappa shape index (κ3) is 4.04. The molecule has 0 saturated carbocycles. The highest BCUT2D eigenvalue weighted by atomic mass is 35.5. The lowest BCUT2D eigenvalue weighted by atomic mass is 10.5. The second-order valence-electron chi connectivity index (χ2n) is 2.33. The van der Waals surface area contributed by atoms with Crippen LogP contribution in [0.4, 0.5) is 0 Å². The van der Waals surface area contributed by atoms with Gasteiger partial charge in [-0.3, -0.25) is 10.4 Å². The molecule has 0 aliphatic carbocycles. The van der Waals surface area contributed by atoms with E-state index < -0.39 is 10.0 Å². The smallest absolute Gasteiger partial charge is 0.240 e. The van der Waals surface area contributed by atoms with Gasteiger partial charge >= 0.3 is 0 Å². The van der Waals surface area contributed by atoms with Crippen LogP contribution in [-0.4, -0.2) is 18.6 Å². The maximum absolute atomic E-state index is 11.0. The number of pyridine rings is 1. The van der Waals surface area contributed by atoms with Gasteiger partial charge in [0.15, 0.2) is 5.17 Å². The van der Waals surface area contributed by atoms with Crippen molar-refractivity contribution in [3.8, 4) is 0 Å². The van der Waals surface area contributed by atoms with E-state index in [1.165, 1.54) is 12.3 Å². The van der Waals surface area contributed by atoms with Gasteiger partial charge in [-0.15, -0.1) is 12.4 Å². The maximum atomic E-state index is 11.0. The second kappa shape index (κ2) is 5.31. The first-order valence-electron chi connectivity index (χ1n) is 3.40. The Morgan fingerprint density at radius 2 is 2.13 bits per heavy atom. The number of rotatable bonds is 2. The lowest BCUT2D eigenvalue weighted by Crippen LogP contribution is -2.14. The van der Waals surface area contributed by atoms with Crippen molar-refractivity contribution >= 4 is 39.4 Å². The number of nitrogens with zero attached hydrogens (tertiary/aromatic N) is 1. The van der Waals surface area contributed by atoms with Gasteiger partial charge in [0.1, 0.15) is 4.90 Å². The number of primary sulfonamides is 1. The molecule has 5 N–H and O–H groups in total. The molecule has 0 radical (unpaired) electrons. The van der Waals surface area contributed by atoms with Gasteiger partial charge in [0.2, 0.25) is 10.0 Å². The highest BCUT2D eigenvalue weighted by molar-refractivity contribution is 8.14. The molecule has 84 valence electrons. The van der Waals surface area contributed by atoms with Crippen LogP contribution in [0.3, 0.4) is 0 Å². The molecule has 0 aliphatic heterocycles. The van der Waals surface area contributed by atoms with Crippen LogP contribution in [0.15, 0.2) is 28.3 Å². The fraction of sp³-hybridized carbons (Fsp3) is 0. The van der Waals surface area contributed by atoms with Crippen LogP contribution in [0.25, 0.3) is 0 Å². The molecule has 15 heavy (non-hydrogen) atoms. The Morgan fingerprint density at radius 3 is 2.60 bits per heavy atom. The number of halogens is 1. The summed E-state index contributed by atoms with van der Waals surface area (Å²) < 4.78 is 22.1. The molecule has 0 aliphatic rings. The van der Waals surface area contributed by atoms with E-state index in [9.17, 15) is 8.42 Å². The SMILES string of the molecule is Cl.N=C(N)Sc1ccncc1S(N)(=O)=O. The van der Waals surface area contributed by atoms with Gasteiger partial charge in [0.05, 0.1) is 0 Å². The van der Waals surface area contributed by atoms with E-state index in [1.54, 1.807) is 0 Å². The number of thioether (sulfide) groups is 1. The normalized spacial score (nSPS) is 10.5. The quantitative estimate of drug-likeness (QED) is 0.400. The fourth-order valence-corrected chi connectivity index (χ4v) is 2.33. The van der Waals surface area contributed by atoms with Crippen molar-refractivity contribution in [2.24, 2.45) is 10.9 Å². The molecule has 1 rings (SSSR count). The minimum Gasteiger partial charge on any atom is -0.378 e. The molecule has 0 bridgehead atoms. The number of nitrogens with one attached hydrogen (secondary N) is 1. The van der Waals surface area contributed by atoms with Crippen LogP contribution in [0.2, 0.25) is 0 Å². The van der Waals surface area contributed by atoms with E-state index in [0.29, 0.717) is 4.90 Å². The van der Waals surface area contributed by atoms with E-state index in [-0.39, 0.29) is 22.5 Å². The number of hydrogen-bond acceptors (Lipinski definition) is 5. The molecule has 0 spiro atoms. The third-order valence-corrected chi connectivity index (χ3v) is 3.14. The lowest BCUT2D eigenvalue weighted by Gasteiger charge is -2.04. The van der Waals surface area contributed by atoms with Crippen molar-refractivity contribution in [1.29, 1.82) is 5.41 Å². The Hall–Kier alpha value is -0.830. The molecule has 0 saturated heterocycles. The number of nitrogens with two attached hydrogens (primary N) is 2. The van der Waals surface area contributed by atoms with Gasteiger partial charge in [-0.25, -0.2) is 13.6 Å². The summed E-state index contributed by atoms with van der Waals surface area (Å²) in [6, 6.07) is 1.44. The zero-order valence-electron chi connectivity index (χ0n) is 7.38. The topological polar surface area (TPSA) is 123 Å². The third-order valence-electron chi connectivity index (χ3n) is 1.27. The molecule has 0 fully saturated rings. The lowest BCUT2D eigenvalue weighted by molar-refractivity contribution is 0.595. The van der Waals surface area contributed by atoms with Crippen molar-refractivity contribution in [2.45, 2.75) is 9.79 Å². The van der Waals surface area contributed by atoms with E-state index in [2.05, 4.69) is 4.98 Å². The second-order valence-corrected chi connectivity index (χ2v) is 4.95. The van der Waals surface area contributed by atoms with Gasteiger partial charge in [0.25, 0.3) is 0 Å². The summed E-state index contributed by atoms with van der Waals surface area (Å²) in [6.45, 7) is 0. The largest absolute Gasteiger partial charge is 0.378 e. The number of amidine groups is 1. The first-order chi connectivity index (χ1) is 6.41. The van der Waals surface area contributed by atoms with E-state index >= 15 is 0 Å². The van der Waals surface area contributed by atoms with Crippen LogP contribution in [0.1, 0.15) is 0 Å². The minimum absolute atomic E-state index is 0. The first kappa shape index (κ1) is 14.2. The van der Waals surface area contributed by atoms with Crippen molar-refractivity contribution in [1.82, 2.24) is 4.98 Å². The zero-order chi connectivity index (χ0) is 10.8. The van der Waals surface area contributed by atoms with Crippen molar-refractivity contribution in [3.63, 3.8) is 0 Å². The zero-order valence-corrected chi connectivity index (χ0v) is 9.82. The van der Waals surface area contributed by atoms with Crippen LogP contribution in [-0.2, 0) is 10.0 Å². The molecular formula is C6H9ClN4O2S2. The Balaban J connectivity index is 0.00000196. The van der Waals surface area contributed by atoms with Crippen LogP contribution in [0.5, 0.6) is 0 Å². The predicted octanol–water partition coefficient (Wildman–Crippen LogP) is 0.136. The standard InChI is InChI=1S/C6H8N4O2S2.ClH/c7-6(8)13-4-1-2-10-3-5(4)14(9,11)12;/h1-3H,(H3,7,8)(H2,9,11,12);1H. The fourth-order valence-electron chi connectivity index (χ4n) is 0.784. The van der Waals surface area contributed by atoms with Crippen LogP contribution >= 0.6 is 24.2 Å². The highest BCUT2D eigenvalue weighted by Crippen LogP contribution is 2.23. The van der Waals surface area contributed by atoms with Crippen molar-refractivity contribution in [2.75, 3.05) is 0 Å². The Labute approximate surface area is 97.4 Å². The molecule has 1 aromatic rings. The average molecular weight is 269 g/mol. The number of aromatic nitrogens is 1. The number of sulfonamides is 1. The Morgan fingerprint density at radius 1 is 1.53 bits per heavy atom. The molecule has 0 amide bonds. The summed E-state index contributed by atoms with van der Waals surface area (Å²) in [6.07, 6.45) is 2.53. The number of hydrogen-bond donors (Lipinski definition) is 3. The summed E-state index contributed by atoms with van der Waals surface area (Å²) in [5.74, 6) is 0. The van der Waals surface area contributed by atoms with Gasteiger partial charge in [-0.05, 0) is 6.07 Å². The molecule has 1 aromatic heterocycles. The molecule has 0 unspecified atom stereocenters. The molecule has 0 atom stereocenters. The first-order valence-corrected chi connectivity index (χ1v) is 5.76. The van der Waals surface area contributed by atoms with E-state index in [4.69, 9.17) is 16.3 Å². The van der Waals surface area contributed by atoms with Gasteiger partial charge in [-0.2, -0.15) is 0 Å². The van der Waals surface area contributed by atoms with Crippen LogP contribution < -0.4 is 10.9 Å². The van der Waals surface area contributed by atoms with Crippen molar-refractivity contribution < 1.29 is 8.42 Å². The maximum Gasteiger partial charge on any atom is 0.240 e. The van der Waals surface area contributed by atoms with Gasteiger partial charge in [0, 0.05) is 17.3 Å². The van der Waals surface area contributed by atoms with Crippen molar-refractivity contribution in [3.05, 3.63) is 18.5 Å². The minimum atomic E-state index is -3.81. The van der Waals surface area contributed by atoms with Crippen LogP contribution in [0, 0.1) is 5.41 Å². The Kier molecular flexibility index (Phi) is 5.01. The molecule has 6 nitrogen and oxygen atoms in total. The summed E-state index contributed by atoms with van der Waals surface area (Å²) in [5, 5.41) is 11.8. The predicted molar refractivity (Wildman–Crippen MR) is 60.6 cm³/mol. The average Bonchev–Trinajstić information content (AvgIpc) is 2.01. The molecule has 9 heteroatoms. The van der Waals surface area contributed by atoms with E-state index in [1.807, 2.05) is 0 Å². The molecule has 1 heterocycles. The van der Waals surface area contributed by atoms with E-state index in [0.717, 1.165) is 18.0 Å². The van der Waals surface area contributed by atoms with Gasteiger partial charge < -0.3 is 5.73 Å². The summed E-state index contributed by atoms with van der Waals surface area (Å²) in [5.41, 5.74) is 5.13. The summed E-state index contributed by atoms with van der Waals surface area (Å²) in [4.78, 5) is 3.81. The highest BCUT2D eigenvalue weighted by Gasteiger charge is 2.14. The van der Waals surface area contributed by atoms with Gasteiger partial charge in [-0.1, -0.05) is 11.8 Å². The summed E-state index contributed by atoms with van der Waals surface area (Å²) >= 11 is 0.814.